The molecule has 2 fully saturated rings. The number of ketones is 4. The zero-order valence-electron chi connectivity index (χ0n) is 68.2. The lowest BCUT2D eigenvalue weighted by atomic mass is 9.84. The molecule has 11 atom stereocenters. The van der Waals surface area contributed by atoms with Gasteiger partial charge in [-0.05, 0) is 86.0 Å². The van der Waals surface area contributed by atoms with Crippen molar-refractivity contribution in [2.45, 2.75) is 227 Å². The highest BCUT2D eigenvalue weighted by Crippen LogP contribution is 2.41. The number of likely N-dealkylation sites (tertiary alicyclic amines) is 1. The van der Waals surface area contributed by atoms with E-state index in [1.54, 1.807) is 61.2 Å². The van der Waals surface area contributed by atoms with E-state index in [4.69, 9.17) is 28.5 Å². The van der Waals surface area contributed by atoms with Gasteiger partial charge in [-0.25, -0.2) is 9.59 Å². The predicted molar refractivity (Wildman–Crippen MR) is 427 cm³/mol. The van der Waals surface area contributed by atoms with Crippen LogP contribution in [0, 0.1) is 47.3 Å². The van der Waals surface area contributed by atoms with Gasteiger partial charge in [-0.15, -0.1) is 5.06 Å². The second-order valence-electron chi connectivity index (χ2n) is 31.7. The van der Waals surface area contributed by atoms with Gasteiger partial charge in [0.1, 0.15) is 29.6 Å². The normalized spacial score (nSPS) is 17.5. The molecular weight excluding hydrogens is 1480 g/mol. The molecule has 4 N–H and O–H groups in total. The first kappa shape index (κ1) is 92.6. The van der Waals surface area contributed by atoms with Gasteiger partial charge in [-0.2, -0.15) is 0 Å². The lowest BCUT2D eigenvalue weighted by Crippen LogP contribution is -2.54. The Labute approximate surface area is 667 Å². The summed E-state index contributed by atoms with van der Waals surface area (Å²) in [4.78, 5) is 175. The van der Waals surface area contributed by atoms with Crippen molar-refractivity contribution in [1.82, 2.24) is 25.1 Å². The van der Waals surface area contributed by atoms with E-state index in [2.05, 4.69) is 15.6 Å². The van der Waals surface area contributed by atoms with Gasteiger partial charge in [0.05, 0.1) is 86.4 Å². The third kappa shape index (κ3) is 26.7. The minimum Gasteiger partial charge on any atom is -0.507 e. The summed E-state index contributed by atoms with van der Waals surface area (Å²) in [6.45, 7) is 24.4. The molecule has 0 spiro atoms. The maximum Gasteiger partial charge on any atom is 0.410 e. The van der Waals surface area contributed by atoms with Crippen LogP contribution in [-0.4, -0.2) is 208 Å². The number of ether oxygens (including phenoxy) is 5. The fourth-order valence-corrected chi connectivity index (χ4v) is 17.2. The number of rotatable bonds is 45. The number of phenols is 1. The highest BCUT2D eigenvalue weighted by atomic mass is 33.1. The number of phenolic OH excluding ortho intramolecular Hbond substituents is 1. The van der Waals surface area contributed by atoms with Crippen molar-refractivity contribution in [1.29, 1.82) is 0 Å². The van der Waals surface area contributed by atoms with E-state index in [1.807, 2.05) is 113 Å². The molecule has 0 radical (unpaired) electrons. The van der Waals surface area contributed by atoms with E-state index in [9.17, 15) is 67.7 Å². The van der Waals surface area contributed by atoms with E-state index in [1.165, 1.54) is 46.7 Å². The summed E-state index contributed by atoms with van der Waals surface area (Å²) in [6, 6.07) is 16.0. The van der Waals surface area contributed by atoms with E-state index in [-0.39, 0.29) is 179 Å². The summed E-state index contributed by atoms with van der Waals surface area (Å²) in [6.07, 6.45) is -1.20. The van der Waals surface area contributed by atoms with Gasteiger partial charge in [0.15, 0.2) is 17.3 Å². The summed E-state index contributed by atoms with van der Waals surface area (Å²) in [7, 11) is 9.08. The van der Waals surface area contributed by atoms with Gasteiger partial charge < -0.3 is 64.1 Å². The van der Waals surface area contributed by atoms with Crippen molar-refractivity contribution in [3.05, 3.63) is 83.4 Å². The molecule has 3 aromatic rings. The first-order valence-electron chi connectivity index (χ1n) is 38.9. The summed E-state index contributed by atoms with van der Waals surface area (Å²) < 4.78 is 28.8. The number of nitrogens with zero attached hydrogens (tertiary/aromatic N) is 5. The monoisotopic (exact) mass is 1600 g/mol. The van der Waals surface area contributed by atoms with Crippen LogP contribution >= 0.6 is 21.6 Å². The highest BCUT2D eigenvalue weighted by molar-refractivity contribution is 8.77. The quantitative estimate of drug-likeness (QED) is 0.0232. The molecule has 3 heterocycles. The molecule has 0 unspecified atom stereocenters. The summed E-state index contributed by atoms with van der Waals surface area (Å²) >= 11 is 0. The zero-order valence-corrected chi connectivity index (χ0v) is 69.9. The van der Waals surface area contributed by atoms with Crippen molar-refractivity contribution in [2.75, 3.05) is 65.7 Å². The highest BCUT2D eigenvalue weighted by Gasteiger charge is 2.44. The number of hydroxylamine groups is 2. The molecule has 27 nitrogen and oxygen atoms in total. The van der Waals surface area contributed by atoms with E-state index in [0.29, 0.717) is 64.9 Å². The van der Waals surface area contributed by atoms with Crippen LogP contribution in [0.1, 0.15) is 196 Å². The Bertz CT molecular complexity index is 3760. The van der Waals surface area contributed by atoms with Crippen molar-refractivity contribution >= 4 is 104 Å². The van der Waals surface area contributed by atoms with E-state index in [0.717, 1.165) is 5.56 Å². The third-order valence-electron chi connectivity index (χ3n) is 20.8. The Kier molecular flexibility index (Phi) is 36.3. The topological polar surface area (TPSA) is 350 Å². The Morgan fingerprint density at radius 2 is 1.43 bits per heavy atom. The molecule has 29 heteroatoms. The van der Waals surface area contributed by atoms with Gasteiger partial charge in [-0.3, -0.25) is 52.9 Å². The van der Waals surface area contributed by atoms with Gasteiger partial charge >= 0.3 is 12.1 Å². The average Bonchev–Trinajstić information content (AvgIpc) is 1.75. The van der Waals surface area contributed by atoms with E-state index >= 15 is 0 Å². The Balaban J connectivity index is 0.916. The molecule has 112 heavy (non-hydrogen) atoms. The van der Waals surface area contributed by atoms with Gasteiger partial charge in [0.2, 0.25) is 23.6 Å². The second-order valence-corrected chi connectivity index (χ2v) is 34.8. The lowest BCUT2D eigenvalue weighted by molar-refractivity contribution is -0.197. The number of amides is 7. The minimum absolute atomic E-state index is 0.00967. The van der Waals surface area contributed by atoms with Crippen LogP contribution in [0.3, 0.4) is 0 Å². The van der Waals surface area contributed by atoms with Gasteiger partial charge in [0, 0.05) is 132 Å². The number of hydrogen-bond acceptors (Lipinski definition) is 23. The van der Waals surface area contributed by atoms with Crippen LogP contribution in [0.15, 0.2) is 71.7 Å². The molecule has 7 amide bonds. The molecule has 6 rings (SSSR count). The molecule has 3 aromatic carbocycles. The number of methoxy groups -OCH3 is 2. The fourth-order valence-electron chi connectivity index (χ4n) is 14.7. The average molecular weight is 1600 g/mol. The number of benzene rings is 3. The molecule has 0 saturated carbocycles. The smallest absolute Gasteiger partial charge is 0.410 e. The first-order valence-corrected chi connectivity index (χ1v) is 41.3. The number of aliphatic hydroxyl groups is 1. The molecule has 0 bridgehead atoms. The Morgan fingerprint density at radius 3 is 2.04 bits per heavy atom. The van der Waals surface area contributed by atoms with Crippen LogP contribution in [-0.2, 0) is 78.4 Å². The van der Waals surface area contributed by atoms with Crippen molar-refractivity contribution in [2.24, 2.45) is 52.3 Å². The number of fused-ring (bicyclic) bond motifs is 1. The number of carbonyl (C=O) groups is 12. The summed E-state index contributed by atoms with van der Waals surface area (Å²) in [5.74, 6) is -6.86. The van der Waals surface area contributed by atoms with Gasteiger partial charge in [-0.1, -0.05) is 140 Å². The molecule has 2 saturated heterocycles. The third-order valence-corrected chi connectivity index (χ3v) is 24.1. The number of nitrogens with one attached hydrogen (secondary N) is 2. The zero-order chi connectivity index (χ0) is 83.0. The molecular formula is C83H119N7O20S2. The number of aromatic hydroxyl groups is 1. The van der Waals surface area contributed by atoms with Crippen molar-refractivity contribution in [3.63, 3.8) is 0 Å². The second kappa shape index (κ2) is 43.9. The molecule has 3 aliphatic heterocycles. The summed E-state index contributed by atoms with van der Waals surface area (Å²) in [5.41, 5.74) is 2.58. The maximum absolute atomic E-state index is 14.8. The Morgan fingerprint density at radius 1 is 0.759 bits per heavy atom. The van der Waals surface area contributed by atoms with E-state index < -0.39 is 88.7 Å². The minimum atomic E-state index is -0.957. The Hall–Kier alpha value is -8.25. The number of carbonyl (C=O) groups excluding carboxylic acids is 12. The number of imide groups is 1. The maximum atomic E-state index is 14.8. The van der Waals surface area contributed by atoms with Crippen molar-refractivity contribution in [3.8, 4) is 17.2 Å². The lowest BCUT2D eigenvalue weighted by Gasteiger charge is -2.40. The number of hydrogen-bond donors (Lipinski definition) is 4. The van der Waals surface area contributed by atoms with Gasteiger partial charge in [0.25, 0.3) is 11.8 Å². The molecule has 0 aromatic heterocycles. The number of Topliss-reactive ketones (excluding diaryl/α,β-unsaturated/α-hetero) is 4. The van der Waals surface area contributed by atoms with Crippen molar-refractivity contribution < 1.29 is 96.3 Å². The number of anilines is 1. The largest absolute Gasteiger partial charge is 0.507 e. The number of aliphatic hydroxyl groups excluding tert-OH is 1. The predicted octanol–water partition coefficient (Wildman–Crippen LogP) is 11.3. The fraction of sp³-hybridized carbons (Fsp3) is 0.627. The SMILES string of the molecule is CO[C@H]([C@@H](C)C(=O)C[C@H](C)[C@@H](O)c1ccccc1)[C@@H]1CCCN1C(=O)C[C@@H](OC)[C@H](C(C)C)N(C)C(=O)[C@@H](CC(=O)[C@H](C(C)C)N(C)C(=O)OCc1ccc(NC(=O)[C@H](C)CC(=O)[C@@H](NC(=O)CCSSC(C)(C)CC(=O)CN=C2CCOc3cc(OCCCC(=O)ON4C(=O)CCC4=O)cc(O)c32)C(C)C)cc1)C(C)C. The van der Waals surface area contributed by atoms with Crippen LogP contribution in [0.4, 0.5) is 10.5 Å². The molecule has 3 aliphatic rings. The van der Waals surface area contributed by atoms with Crippen LogP contribution in [0.25, 0.3) is 0 Å². The van der Waals surface area contributed by atoms with Crippen LogP contribution in [0.2, 0.25) is 0 Å². The summed E-state index contributed by atoms with van der Waals surface area (Å²) in [5, 5.41) is 28.2. The molecule has 618 valence electrons. The molecule has 0 aliphatic carbocycles. The number of aliphatic imine (C=N–C) groups is 1. The first-order chi connectivity index (χ1) is 52.9. The van der Waals surface area contributed by atoms with Crippen LogP contribution < -0.4 is 20.1 Å². The standard InChI is InChI=1S/C83H119N7O20S2/c1-48(2)60(81(103)87(14)77(51(7)8)68(105-16)44-72(99)89-35-21-25-62(89)79(106-17)54(11)63(92)39-52(9)78(101)56-23-19-18-20-24-56)43-66(95)76(50(5)6)88(15)82(104)109-47-55-27-29-57(30-28-55)85-80(102)53(10)40-65(94)75(49(3)4)86-69(96)34-38-111-112-83(12,13)45-58(91)46-84-61-33-37-108-67-42-59(41-64(93)74(61)67)107-36-22-26-73(100)110-90-70(97)31-32-71(90)98/h18-20,23-24,27-30,41-42,48-54,60,62,68,75-79,93,101H,21-22,25-26,31-40,43-47H2,1-17H3,(H,85,102)(H,86,96)/t52-,53+,54-,60-,62-,68+,75-,76-,77-,78+,79+/m0/s1. The van der Waals surface area contributed by atoms with Crippen LogP contribution in [0.5, 0.6) is 17.2 Å². The number of likely N-dealkylation sites (N-methyl/N-ethyl adjacent to an activating group) is 2.